The van der Waals surface area contributed by atoms with Crippen LogP contribution in [-0.4, -0.2) is 90.2 Å². The van der Waals surface area contributed by atoms with Gasteiger partial charge in [-0.25, -0.2) is 4.98 Å². The largest absolute Gasteiger partial charge is 0.489 e. The van der Waals surface area contributed by atoms with Gasteiger partial charge in [0.15, 0.2) is 0 Å². The maximum Gasteiger partial charge on any atom is 0.254 e. The van der Waals surface area contributed by atoms with Crippen LogP contribution in [0, 0.1) is 0 Å². The first-order chi connectivity index (χ1) is 17.0. The lowest BCUT2D eigenvalue weighted by Crippen LogP contribution is -2.60. The zero-order valence-electron chi connectivity index (χ0n) is 20.2. The molecule has 4 aliphatic rings. The van der Waals surface area contributed by atoms with Gasteiger partial charge >= 0.3 is 0 Å². The summed E-state index contributed by atoms with van der Waals surface area (Å²) in [7, 11) is 2.22. The summed E-state index contributed by atoms with van der Waals surface area (Å²) in [4.78, 5) is 28.2. The Morgan fingerprint density at radius 1 is 1.11 bits per heavy atom. The van der Waals surface area contributed by atoms with Gasteiger partial charge in [-0.05, 0) is 58.0 Å². The molecule has 1 saturated carbocycles. The van der Waals surface area contributed by atoms with Gasteiger partial charge in [0.1, 0.15) is 18.2 Å². The molecule has 1 aliphatic carbocycles. The van der Waals surface area contributed by atoms with Gasteiger partial charge in [0.05, 0.1) is 17.3 Å². The van der Waals surface area contributed by atoms with E-state index in [9.17, 15) is 4.79 Å². The average molecular weight is 479 g/mol. The van der Waals surface area contributed by atoms with E-state index in [0.29, 0.717) is 42.1 Å². The smallest absolute Gasteiger partial charge is 0.254 e. The average Bonchev–Trinajstić information content (AvgIpc) is 3.68. The molecule has 1 amide bonds. The third-order valence-electron chi connectivity index (χ3n) is 7.65. The molecule has 6 rings (SSSR count). The van der Waals surface area contributed by atoms with Crippen molar-refractivity contribution in [1.82, 2.24) is 19.8 Å². The van der Waals surface area contributed by atoms with Crippen molar-refractivity contribution >= 4 is 29.0 Å². The molecule has 0 radical (unpaired) electrons. The van der Waals surface area contributed by atoms with E-state index in [4.69, 9.17) is 10.5 Å². The topological polar surface area (TPSA) is 112 Å². The number of ether oxygens (including phenoxy) is 1. The normalized spacial score (nSPS) is 23.2. The highest BCUT2D eigenvalue weighted by molar-refractivity contribution is 5.97. The predicted molar refractivity (Wildman–Crippen MR) is 136 cm³/mol. The van der Waals surface area contributed by atoms with Gasteiger partial charge in [-0.15, -0.1) is 0 Å². The number of hydrogen-bond donors (Lipinski definition) is 3. The third-order valence-corrected chi connectivity index (χ3v) is 7.65. The number of rotatable bonds is 6. The van der Waals surface area contributed by atoms with Crippen LogP contribution in [0.15, 0.2) is 24.4 Å². The molecule has 2 saturated heterocycles. The minimum Gasteiger partial charge on any atom is -0.489 e. The molecule has 3 aliphatic heterocycles. The zero-order valence-corrected chi connectivity index (χ0v) is 20.2. The molecule has 1 aromatic heterocycles. The van der Waals surface area contributed by atoms with E-state index in [-0.39, 0.29) is 0 Å². The van der Waals surface area contributed by atoms with Crippen molar-refractivity contribution in [2.75, 3.05) is 61.9 Å². The summed E-state index contributed by atoms with van der Waals surface area (Å²) >= 11 is 0. The molecule has 1 atom stereocenters. The number of hydrogen-bond acceptors (Lipinski definition) is 9. The number of nitrogens with one attached hydrogen (secondary N) is 2. The van der Waals surface area contributed by atoms with Crippen molar-refractivity contribution in [2.45, 2.75) is 43.8 Å². The van der Waals surface area contributed by atoms with E-state index >= 15 is 0 Å². The molecule has 3 fully saturated rings. The number of anilines is 4. The van der Waals surface area contributed by atoms with Crippen molar-refractivity contribution in [3.8, 4) is 5.75 Å². The highest BCUT2D eigenvalue weighted by Crippen LogP contribution is 2.38. The number of piperazine rings is 1. The molecule has 10 heteroatoms. The molecular weight excluding hydrogens is 444 g/mol. The molecule has 4 heterocycles. The van der Waals surface area contributed by atoms with E-state index in [1.807, 2.05) is 12.1 Å². The van der Waals surface area contributed by atoms with Crippen molar-refractivity contribution < 1.29 is 9.53 Å². The van der Waals surface area contributed by atoms with E-state index in [0.717, 1.165) is 49.6 Å². The van der Waals surface area contributed by atoms with Crippen LogP contribution in [0.5, 0.6) is 5.75 Å². The number of primary amides is 1. The third kappa shape index (κ3) is 4.72. The first-order valence-electron chi connectivity index (χ1n) is 12.7. The van der Waals surface area contributed by atoms with Gasteiger partial charge < -0.3 is 30.9 Å². The summed E-state index contributed by atoms with van der Waals surface area (Å²) < 4.78 is 6.23. The molecule has 0 spiro atoms. The highest BCUT2D eigenvalue weighted by atomic mass is 16.5. The summed E-state index contributed by atoms with van der Waals surface area (Å²) in [6.07, 6.45) is 6.14. The fourth-order valence-corrected chi connectivity index (χ4v) is 5.44. The second-order valence-corrected chi connectivity index (χ2v) is 10.2. The lowest BCUT2D eigenvalue weighted by molar-refractivity contribution is 0.0868. The number of fused-ring (bicyclic) bond motifs is 3. The van der Waals surface area contributed by atoms with Crippen LogP contribution in [0.3, 0.4) is 0 Å². The first kappa shape index (κ1) is 22.4. The van der Waals surface area contributed by atoms with Crippen molar-refractivity contribution in [2.24, 2.45) is 5.73 Å². The lowest BCUT2D eigenvalue weighted by Gasteiger charge is -2.48. The monoisotopic (exact) mass is 478 g/mol. The number of piperidine rings is 1. The SMILES string of the molecule is CN1CCC(N2CCN3c4ccc(Nc5ncc(C(N)=O)c(NC6CC6)n5)cc4OC[C@@H]3C2)CC1. The van der Waals surface area contributed by atoms with Gasteiger partial charge in [-0.2, -0.15) is 4.98 Å². The number of amides is 1. The minimum atomic E-state index is -0.535. The van der Waals surface area contributed by atoms with Gasteiger partial charge in [0.25, 0.3) is 5.91 Å². The Labute approximate surface area is 205 Å². The fraction of sp³-hybridized carbons (Fsp3) is 0.560. The predicted octanol–water partition coefficient (Wildman–Crippen LogP) is 1.87. The van der Waals surface area contributed by atoms with Gasteiger partial charge in [0, 0.05) is 49.7 Å². The molecule has 35 heavy (non-hydrogen) atoms. The lowest BCUT2D eigenvalue weighted by atomic mass is 10.00. The Morgan fingerprint density at radius 2 is 1.94 bits per heavy atom. The fourth-order valence-electron chi connectivity index (χ4n) is 5.44. The second kappa shape index (κ2) is 9.16. The number of carbonyl (C=O) groups excluding carboxylic acids is 1. The number of nitrogens with zero attached hydrogens (tertiary/aromatic N) is 5. The van der Waals surface area contributed by atoms with Crippen LogP contribution < -0.4 is 26.0 Å². The van der Waals surface area contributed by atoms with Crippen molar-refractivity contribution in [3.63, 3.8) is 0 Å². The molecule has 2 aromatic rings. The Balaban J connectivity index is 1.14. The van der Waals surface area contributed by atoms with Crippen molar-refractivity contribution in [1.29, 1.82) is 0 Å². The summed E-state index contributed by atoms with van der Waals surface area (Å²) in [6, 6.07) is 7.59. The highest BCUT2D eigenvalue weighted by Gasteiger charge is 2.36. The Kier molecular flexibility index (Phi) is 5.85. The van der Waals surface area contributed by atoms with Gasteiger partial charge in [-0.1, -0.05) is 0 Å². The van der Waals surface area contributed by atoms with Crippen LogP contribution in [0.4, 0.5) is 23.1 Å². The summed E-state index contributed by atoms with van der Waals surface area (Å²) in [5.74, 6) is 1.24. The van der Waals surface area contributed by atoms with E-state index in [1.165, 1.54) is 32.1 Å². The van der Waals surface area contributed by atoms with E-state index < -0.39 is 5.91 Å². The molecule has 1 aromatic carbocycles. The number of likely N-dealkylation sites (tertiary alicyclic amines) is 1. The van der Waals surface area contributed by atoms with Gasteiger partial charge in [0.2, 0.25) is 5.95 Å². The first-order valence-corrected chi connectivity index (χ1v) is 12.7. The maximum absolute atomic E-state index is 11.7. The van der Waals surface area contributed by atoms with Crippen LogP contribution in [0.1, 0.15) is 36.0 Å². The van der Waals surface area contributed by atoms with E-state index in [1.54, 1.807) is 0 Å². The number of aromatic nitrogens is 2. The molecule has 0 unspecified atom stereocenters. The van der Waals surface area contributed by atoms with Crippen LogP contribution in [-0.2, 0) is 0 Å². The number of nitrogens with two attached hydrogens (primary N) is 1. The Morgan fingerprint density at radius 3 is 2.71 bits per heavy atom. The maximum atomic E-state index is 11.7. The summed E-state index contributed by atoms with van der Waals surface area (Å²) in [5, 5.41) is 6.53. The van der Waals surface area contributed by atoms with Crippen LogP contribution in [0.2, 0.25) is 0 Å². The van der Waals surface area contributed by atoms with Crippen molar-refractivity contribution in [3.05, 3.63) is 30.0 Å². The van der Waals surface area contributed by atoms with Crippen LogP contribution in [0.25, 0.3) is 0 Å². The number of benzene rings is 1. The quantitative estimate of drug-likeness (QED) is 0.573. The second-order valence-electron chi connectivity index (χ2n) is 10.2. The van der Waals surface area contributed by atoms with E-state index in [2.05, 4.69) is 48.4 Å². The molecule has 0 bridgehead atoms. The molecule has 4 N–H and O–H groups in total. The summed E-state index contributed by atoms with van der Waals surface area (Å²) in [6.45, 7) is 6.26. The zero-order chi connectivity index (χ0) is 23.9. The molecular formula is C25H34N8O2. The summed E-state index contributed by atoms with van der Waals surface area (Å²) in [5.41, 5.74) is 7.79. The minimum absolute atomic E-state index is 0.307. The Hall–Kier alpha value is -3.11. The molecule has 186 valence electrons. The molecule has 10 nitrogen and oxygen atoms in total. The Bertz CT molecular complexity index is 1100. The van der Waals surface area contributed by atoms with Crippen LogP contribution >= 0.6 is 0 Å². The standard InChI is InChI=1S/C25H34N8O2/c1-31-8-6-18(7-9-31)32-10-11-33-19(14-32)15-35-22-12-17(4-5-21(22)33)29-25-27-13-20(23(26)34)24(30-25)28-16-2-3-16/h4-5,12-13,16,18-19H,2-3,6-11,14-15H2,1H3,(H2,26,34)(H2,27,28,29,30)/t19-/m0/s1. The van der Waals surface area contributed by atoms with Gasteiger partial charge in [-0.3, -0.25) is 9.69 Å². The number of carbonyl (C=O) groups is 1.